The highest BCUT2D eigenvalue weighted by Gasteiger charge is 2.38. The van der Waals surface area contributed by atoms with Crippen molar-refractivity contribution in [2.24, 2.45) is 5.73 Å². The maximum Gasteiger partial charge on any atom is 0.340 e. The van der Waals surface area contributed by atoms with Crippen LogP contribution in [-0.4, -0.2) is 22.6 Å². The van der Waals surface area contributed by atoms with Gasteiger partial charge in [-0.2, -0.15) is 0 Å². The lowest BCUT2D eigenvalue weighted by atomic mass is 9.83. The summed E-state index contributed by atoms with van der Waals surface area (Å²) in [6, 6.07) is 16.8. The molecule has 1 aliphatic rings. The number of carbonyl (C=O) groups excluding carboxylic acids is 1. The number of rotatable bonds is 5. The Balaban J connectivity index is 1.97. The third-order valence-corrected chi connectivity index (χ3v) is 5.57. The van der Waals surface area contributed by atoms with Crippen LogP contribution in [0.25, 0.3) is 0 Å². The summed E-state index contributed by atoms with van der Waals surface area (Å²) in [4.78, 5) is 37.2. The van der Waals surface area contributed by atoms with Crippen LogP contribution >= 0.6 is 0 Å². The van der Waals surface area contributed by atoms with Crippen molar-refractivity contribution in [1.82, 2.24) is 4.57 Å². The molecule has 33 heavy (non-hydrogen) atoms. The maximum absolute atomic E-state index is 13.7. The molecule has 0 unspecified atom stereocenters. The van der Waals surface area contributed by atoms with Gasteiger partial charge in [-0.05, 0) is 18.1 Å². The van der Waals surface area contributed by atoms with Crippen LogP contribution in [0.5, 0.6) is 5.75 Å². The molecule has 0 radical (unpaired) electrons. The quantitative estimate of drug-likeness (QED) is 0.362. The highest BCUT2D eigenvalue weighted by Crippen LogP contribution is 2.42. The molecular formula is C24H21N3O6. The zero-order valence-electron chi connectivity index (χ0n) is 18.0. The first-order valence-electron chi connectivity index (χ1n) is 10.1. The molecule has 0 aliphatic carbocycles. The Labute approximate surface area is 188 Å². The number of hydrogen-bond donors (Lipinski definition) is 1. The molecule has 9 nitrogen and oxygen atoms in total. The van der Waals surface area contributed by atoms with Crippen molar-refractivity contribution in [3.05, 3.63) is 115 Å². The van der Waals surface area contributed by atoms with Crippen LogP contribution in [-0.2, 0) is 16.1 Å². The van der Waals surface area contributed by atoms with Gasteiger partial charge in [0, 0.05) is 23.9 Å². The van der Waals surface area contributed by atoms with E-state index in [1.54, 1.807) is 23.6 Å². The number of nitro groups is 1. The average Bonchev–Trinajstić information content (AvgIpc) is 2.81. The topological polar surface area (TPSA) is 127 Å². The number of carbonyl (C=O) groups is 1. The fraction of sp³-hybridized carbons (Fsp3) is 0.167. The normalized spacial score (nSPS) is 14.9. The number of pyridine rings is 1. The first-order chi connectivity index (χ1) is 15.8. The van der Waals surface area contributed by atoms with E-state index < -0.39 is 16.8 Å². The van der Waals surface area contributed by atoms with Crippen LogP contribution in [0.2, 0.25) is 0 Å². The third kappa shape index (κ3) is 3.96. The largest absolute Gasteiger partial charge is 0.465 e. The number of esters is 1. The maximum atomic E-state index is 13.7. The SMILES string of the molecule is COC(=O)C1=C(N)Oc2cc(C)n(Cc3ccccc3)c(=O)c2[C@H]1c1cccc([N+](=O)[O-])c1. The number of fused-ring (bicyclic) bond motifs is 1. The molecule has 9 heteroatoms. The number of hydrogen-bond acceptors (Lipinski definition) is 7. The number of methoxy groups -OCH3 is 1. The summed E-state index contributed by atoms with van der Waals surface area (Å²) in [5, 5.41) is 11.4. The number of nitro benzene ring substituents is 1. The second-order valence-electron chi connectivity index (χ2n) is 7.60. The van der Waals surface area contributed by atoms with Crippen molar-refractivity contribution in [3.8, 4) is 5.75 Å². The van der Waals surface area contributed by atoms with Gasteiger partial charge in [0.15, 0.2) is 0 Å². The number of aromatic nitrogens is 1. The van der Waals surface area contributed by atoms with E-state index in [0.717, 1.165) is 5.56 Å². The standard InChI is InChI=1S/C24H21N3O6/c1-14-11-18-20(23(28)26(14)13-15-7-4-3-5-8-15)19(21(22(25)33-18)24(29)32-2)16-9-6-10-17(12-16)27(30)31/h3-12,19H,13,25H2,1-2H3/t19-/m1/s1. The Hall–Kier alpha value is -4.40. The minimum atomic E-state index is -1.00. The van der Waals surface area contributed by atoms with Gasteiger partial charge in [0.1, 0.15) is 11.3 Å². The lowest BCUT2D eigenvalue weighted by Gasteiger charge is -2.29. The molecule has 4 rings (SSSR count). The molecule has 2 aromatic carbocycles. The van der Waals surface area contributed by atoms with Gasteiger partial charge in [-0.3, -0.25) is 14.9 Å². The van der Waals surface area contributed by atoms with E-state index >= 15 is 0 Å². The van der Waals surface area contributed by atoms with Gasteiger partial charge < -0.3 is 19.8 Å². The summed E-state index contributed by atoms with van der Waals surface area (Å²) in [6.45, 7) is 2.07. The zero-order valence-corrected chi connectivity index (χ0v) is 18.0. The minimum absolute atomic E-state index is 0.0855. The first-order valence-corrected chi connectivity index (χ1v) is 10.1. The van der Waals surface area contributed by atoms with E-state index in [-0.39, 0.29) is 34.0 Å². The first kappa shape index (κ1) is 21.8. The van der Waals surface area contributed by atoms with Gasteiger partial charge in [0.2, 0.25) is 5.88 Å². The molecule has 0 saturated heterocycles. The molecule has 0 saturated carbocycles. The summed E-state index contributed by atoms with van der Waals surface area (Å²) in [5.74, 6) is -1.81. The van der Waals surface area contributed by atoms with Crippen LogP contribution in [0.3, 0.4) is 0 Å². The molecule has 1 aliphatic heterocycles. The molecule has 3 aromatic rings. The third-order valence-electron chi connectivity index (χ3n) is 5.57. The van der Waals surface area contributed by atoms with Gasteiger partial charge in [0.05, 0.1) is 30.1 Å². The van der Waals surface area contributed by atoms with Crippen molar-refractivity contribution in [2.75, 3.05) is 7.11 Å². The van der Waals surface area contributed by atoms with Gasteiger partial charge in [-0.15, -0.1) is 0 Å². The van der Waals surface area contributed by atoms with E-state index in [4.69, 9.17) is 15.2 Å². The summed E-state index contributed by atoms with van der Waals surface area (Å²) in [7, 11) is 1.19. The number of ether oxygens (including phenoxy) is 2. The molecule has 0 spiro atoms. The summed E-state index contributed by atoms with van der Waals surface area (Å²) >= 11 is 0. The predicted molar refractivity (Wildman–Crippen MR) is 120 cm³/mol. The summed E-state index contributed by atoms with van der Waals surface area (Å²) in [6.07, 6.45) is 0. The molecule has 2 heterocycles. The Morgan fingerprint density at radius 3 is 2.58 bits per heavy atom. The minimum Gasteiger partial charge on any atom is -0.465 e. The highest BCUT2D eigenvalue weighted by atomic mass is 16.6. The van der Waals surface area contributed by atoms with Crippen molar-refractivity contribution in [2.45, 2.75) is 19.4 Å². The fourth-order valence-electron chi connectivity index (χ4n) is 4.01. The Morgan fingerprint density at radius 2 is 1.91 bits per heavy atom. The highest BCUT2D eigenvalue weighted by molar-refractivity contribution is 5.92. The lowest BCUT2D eigenvalue weighted by molar-refractivity contribution is -0.384. The monoisotopic (exact) mass is 447 g/mol. The Morgan fingerprint density at radius 1 is 1.18 bits per heavy atom. The van der Waals surface area contributed by atoms with Crippen LogP contribution in [0.4, 0.5) is 5.69 Å². The second-order valence-corrected chi connectivity index (χ2v) is 7.60. The van der Waals surface area contributed by atoms with Crippen molar-refractivity contribution in [1.29, 1.82) is 0 Å². The van der Waals surface area contributed by atoms with Gasteiger partial charge in [-0.25, -0.2) is 4.79 Å². The molecule has 1 atom stereocenters. The molecule has 2 N–H and O–H groups in total. The Bertz CT molecular complexity index is 1340. The van der Waals surface area contributed by atoms with Gasteiger partial charge >= 0.3 is 5.97 Å². The van der Waals surface area contributed by atoms with Crippen molar-refractivity contribution < 1.29 is 19.2 Å². The number of nitrogens with zero attached hydrogens (tertiary/aromatic N) is 2. The lowest BCUT2D eigenvalue weighted by Crippen LogP contribution is -2.35. The van der Waals surface area contributed by atoms with Crippen molar-refractivity contribution in [3.63, 3.8) is 0 Å². The predicted octanol–water partition coefficient (Wildman–Crippen LogP) is 2.98. The molecular weight excluding hydrogens is 426 g/mol. The molecule has 1 aromatic heterocycles. The number of benzene rings is 2. The summed E-state index contributed by atoms with van der Waals surface area (Å²) < 4.78 is 12.1. The summed E-state index contributed by atoms with van der Waals surface area (Å²) in [5.41, 5.74) is 7.47. The number of aryl methyl sites for hydroxylation is 1. The molecule has 0 amide bonds. The average molecular weight is 447 g/mol. The number of nitrogens with two attached hydrogens (primary N) is 1. The molecule has 168 valence electrons. The van der Waals surface area contributed by atoms with Crippen LogP contribution in [0, 0.1) is 17.0 Å². The van der Waals surface area contributed by atoms with E-state index in [2.05, 4.69) is 0 Å². The Kier molecular flexibility index (Phi) is 5.70. The molecule has 0 fully saturated rings. The van der Waals surface area contributed by atoms with E-state index in [9.17, 15) is 19.7 Å². The van der Waals surface area contributed by atoms with E-state index in [1.807, 2.05) is 30.3 Å². The fourth-order valence-corrected chi connectivity index (χ4v) is 4.01. The smallest absolute Gasteiger partial charge is 0.340 e. The van der Waals surface area contributed by atoms with E-state index in [0.29, 0.717) is 17.8 Å². The van der Waals surface area contributed by atoms with Gasteiger partial charge in [0.25, 0.3) is 11.2 Å². The second kappa shape index (κ2) is 8.62. The van der Waals surface area contributed by atoms with E-state index in [1.165, 1.54) is 25.3 Å². The van der Waals surface area contributed by atoms with Crippen LogP contribution < -0.4 is 16.0 Å². The van der Waals surface area contributed by atoms with Gasteiger partial charge in [-0.1, -0.05) is 42.5 Å². The number of non-ortho nitro benzene ring substituents is 1. The molecule has 0 bridgehead atoms. The van der Waals surface area contributed by atoms with Crippen LogP contribution in [0.1, 0.15) is 28.3 Å². The zero-order chi connectivity index (χ0) is 23.7. The van der Waals surface area contributed by atoms with Crippen molar-refractivity contribution >= 4 is 11.7 Å². The van der Waals surface area contributed by atoms with Crippen LogP contribution in [0.15, 0.2) is 76.9 Å².